The molecule has 6 heteroatoms. The average Bonchev–Trinajstić information content (AvgIpc) is 2.86. The van der Waals surface area contributed by atoms with E-state index in [4.69, 9.17) is 14.9 Å². The molecule has 0 saturated carbocycles. The van der Waals surface area contributed by atoms with Gasteiger partial charge in [0.1, 0.15) is 24.2 Å². The molecule has 24 heavy (non-hydrogen) atoms. The lowest BCUT2D eigenvalue weighted by Gasteiger charge is -2.14. The Kier molecular flexibility index (Phi) is 4.57. The third-order valence-electron chi connectivity index (χ3n) is 4.00. The zero-order valence-corrected chi connectivity index (χ0v) is 13.8. The molecule has 3 rings (SSSR count). The SMILES string of the molecule is COc1ccc(OC[C@H](O)Cn2c(=N)n(C)c3ccccc32)cc1. The Bertz CT molecular complexity index is 881. The Morgan fingerprint density at radius 1 is 1.04 bits per heavy atom. The third kappa shape index (κ3) is 3.14. The van der Waals surface area contributed by atoms with Crippen molar-refractivity contribution in [3.05, 3.63) is 54.1 Å². The summed E-state index contributed by atoms with van der Waals surface area (Å²) in [6.45, 7) is 0.457. The molecule has 2 N–H and O–H groups in total. The number of imidazole rings is 1. The van der Waals surface area contributed by atoms with Gasteiger partial charge in [-0.05, 0) is 36.4 Å². The molecule has 0 spiro atoms. The number of aliphatic hydroxyl groups is 1. The van der Waals surface area contributed by atoms with Crippen LogP contribution in [0.5, 0.6) is 11.5 Å². The van der Waals surface area contributed by atoms with E-state index in [9.17, 15) is 5.11 Å². The molecule has 6 nitrogen and oxygen atoms in total. The molecule has 1 heterocycles. The third-order valence-corrected chi connectivity index (χ3v) is 4.00. The Morgan fingerprint density at radius 2 is 1.67 bits per heavy atom. The van der Waals surface area contributed by atoms with Crippen molar-refractivity contribution >= 4 is 11.0 Å². The molecule has 0 amide bonds. The number of ether oxygens (including phenoxy) is 2. The maximum atomic E-state index is 10.3. The Hall–Kier alpha value is -2.73. The van der Waals surface area contributed by atoms with Crippen molar-refractivity contribution in [3.63, 3.8) is 0 Å². The minimum Gasteiger partial charge on any atom is -0.497 e. The van der Waals surface area contributed by atoms with Crippen LogP contribution in [-0.4, -0.2) is 34.1 Å². The van der Waals surface area contributed by atoms with Gasteiger partial charge in [0.2, 0.25) is 5.62 Å². The lowest BCUT2D eigenvalue weighted by molar-refractivity contribution is 0.0921. The van der Waals surface area contributed by atoms with E-state index in [2.05, 4.69) is 0 Å². The van der Waals surface area contributed by atoms with Gasteiger partial charge in [-0.2, -0.15) is 0 Å². The second kappa shape index (κ2) is 6.80. The average molecular weight is 327 g/mol. The topological polar surface area (TPSA) is 72.4 Å². The van der Waals surface area contributed by atoms with Crippen LogP contribution in [0.4, 0.5) is 0 Å². The van der Waals surface area contributed by atoms with Crippen LogP contribution in [0, 0.1) is 5.41 Å². The number of aliphatic hydroxyl groups excluding tert-OH is 1. The molecule has 1 atom stereocenters. The van der Waals surface area contributed by atoms with Crippen molar-refractivity contribution in [2.75, 3.05) is 13.7 Å². The fourth-order valence-electron chi connectivity index (χ4n) is 2.70. The molecular formula is C18H21N3O3. The van der Waals surface area contributed by atoms with Gasteiger partial charge in [-0.15, -0.1) is 0 Å². The summed E-state index contributed by atoms with van der Waals surface area (Å²) in [7, 11) is 3.46. The molecular weight excluding hydrogens is 306 g/mol. The van der Waals surface area contributed by atoms with E-state index in [1.165, 1.54) is 0 Å². The van der Waals surface area contributed by atoms with E-state index in [0.29, 0.717) is 17.9 Å². The van der Waals surface area contributed by atoms with Crippen molar-refractivity contribution in [2.45, 2.75) is 12.6 Å². The zero-order valence-electron chi connectivity index (χ0n) is 13.8. The van der Waals surface area contributed by atoms with Crippen LogP contribution >= 0.6 is 0 Å². The first-order valence-corrected chi connectivity index (χ1v) is 7.74. The highest BCUT2D eigenvalue weighted by molar-refractivity contribution is 5.75. The lowest BCUT2D eigenvalue weighted by atomic mass is 10.3. The van der Waals surface area contributed by atoms with E-state index in [-0.39, 0.29) is 6.61 Å². The van der Waals surface area contributed by atoms with Crippen LogP contribution in [-0.2, 0) is 13.6 Å². The number of fused-ring (bicyclic) bond motifs is 1. The highest BCUT2D eigenvalue weighted by Gasteiger charge is 2.12. The zero-order chi connectivity index (χ0) is 17.1. The molecule has 1 aromatic heterocycles. The number of nitrogens with one attached hydrogen (secondary N) is 1. The van der Waals surface area contributed by atoms with Gasteiger partial charge in [0.15, 0.2) is 0 Å². The number of hydrogen-bond donors (Lipinski definition) is 2. The first-order valence-electron chi connectivity index (χ1n) is 7.74. The fourth-order valence-corrected chi connectivity index (χ4v) is 2.70. The maximum absolute atomic E-state index is 10.3. The normalized spacial score (nSPS) is 12.3. The van der Waals surface area contributed by atoms with Crippen molar-refractivity contribution in [1.82, 2.24) is 9.13 Å². The Balaban J connectivity index is 1.70. The van der Waals surface area contributed by atoms with Crippen LogP contribution in [0.1, 0.15) is 0 Å². The van der Waals surface area contributed by atoms with Crippen molar-refractivity contribution in [1.29, 1.82) is 5.41 Å². The standard InChI is InChI=1S/C18H21N3O3/c1-20-16-5-3-4-6-17(16)21(18(20)19)11-13(22)12-24-15-9-7-14(23-2)8-10-15/h3-10,13,19,22H,11-12H2,1-2H3/t13-/m1/s1. The van der Waals surface area contributed by atoms with Crippen molar-refractivity contribution < 1.29 is 14.6 Å². The predicted molar refractivity (Wildman–Crippen MR) is 91.3 cm³/mol. The van der Waals surface area contributed by atoms with Crippen molar-refractivity contribution in [2.24, 2.45) is 7.05 Å². The van der Waals surface area contributed by atoms with E-state index in [1.807, 2.05) is 43.4 Å². The van der Waals surface area contributed by atoms with Gasteiger partial charge in [-0.3, -0.25) is 5.41 Å². The van der Waals surface area contributed by atoms with Gasteiger partial charge in [0.25, 0.3) is 0 Å². The second-order valence-electron chi connectivity index (χ2n) is 5.62. The summed E-state index contributed by atoms with van der Waals surface area (Å²) in [5, 5.41) is 18.5. The minimum atomic E-state index is -0.716. The van der Waals surface area contributed by atoms with E-state index in [1.54, 1.807) is 28.4 Å². The summed E-state index contributed by atoms with van der Waals surface area (Å²) in [4.78, 5) is 0. The molecule has 0 aliphatic carbocycles. The molecule has 0 bridgehead atoms. The van der Waals surface area contributed by atoms with Crippen LogP contribution in [0.3, 0.4) is 0 Å². The maximum Gasteiger partial charge on any atom is 0.202 e. The molecule has 0 aliphatic rings. The van der Waals surface area contributed by atoms with E-state index < -0.39 is 6.10 Å². The lowest BCUT2D eigenvalue weighted by Crippen LogP contribution is -2.30. The summed E-state index contributed by atoms with van der Waals surface area (Å²) in [6.07, 6.45) is -0.716. The highest BCUT2D eigenvalue weighted by atomic mass is 16.5. The quantitative estimate of drug-likeness (QED) is 0.726. The van der Waals surface area contributed by atoms with Crippen LogP contribution in [0.15, 0.2) is 48.5 Å². The fraction of sp³-hybridized carbons (Fsp3) is 0.278. The molecule has 3 aromatic rings. The van der Waals surface area contributed by atoms with Gasteiger partial charge in [0.05, 0.1) is 24.7 Å². The first-order chi connectivity index (χ1) is 11.6. The number of nitrogens with zero attached hydrogens (tertiary/aromatic N) is 2. The summed E-state index contributed by atoms with van der Waals surface area (Å²) in [5.41, 5.74) is 2.24. The highest BCUT2D eigenvalue weighted by Crippen LogP contribution is 2.17. The largest absolute Gasteiger partial charge is 0.497 e. The molecule has 126 valence electrons. The van der Waals surface area contributed by atoms with Gasteiger partial charge in [-0.25, -0.2) is 0 Å². The second-order valence-corrected chi connectivity index (χ2v) is 5.62. The smallest absolute Gasteiger partial charge is 0.202 e. The number of methoxy groups -OCH3 is 1. The predicted octanol–water partition coefficient (Wildman–Crippen LogP) is 1.91. The van der Waals surface area contributed by atoms with Crippen LogP contribution in [0.2, 0.25) is 0 Å². The molecule has 2 aromatic carbocycles. The monoisotopic (exact) mass is 327 g/mol. The molecule has 0 radical (unpaired) electrons. The number of benzene rings is 2. The first kappa shape index (κ1) is 16.1. The van der Waals surface area contributed by atoms with Crippen LogP contribution < -0.4 is 15.1 Å². The van der Waals surface area contributed by atoms with Gasteiger partial charge < -0.3 is 23.7 Å². The Morgan fingerprint density at radius 3 is 2.33 bits per heavy atom. The molecule has 0 unspecified atom stereocenters. The van der Waals surface area contributed by atoms with Crippen molar-refractivity contribution in [3.8, 4) is 11.5 Å². The number of aryl methyl sites for hydroxylation is 1. The molecule has 0 aliphatic heterocycles. The molecule has 0 saturated heterocycles. The van der Waals surface area contributed by atoms with Gasteiger partial charge in [0, 0.05) is 7.05 Å². The molecule has 0 fully saturated rings. The number of rotatable bonds is 6. The van der Waals surface area contributed by atoms with E-state index in [0.717, 1.165) is 16.8 Å². The van der Waals surface area contributed by atoms with Crippen LogP contribution in [0.25, 0.3) is 11.0 Å². The minimum absolute atomic E-state index is 0.155. The summed E-state index contributed by atoms with van der Waals surface area (Å²) in [6, 6.07) is 15.0. The summed E-state index contributed by atoms with van der Waals surface area (Å²) in [5.74, 6) is 1.43. The Labute approximate surface area is 140 Å². The van der Waals surface area contributed by atoms with E-state index >= 15 is 0 Å². The summed E-state index contributed by atoms with van der Waals surface area (Å²) >= 11 is 0. The van der Waals surface area contributed by atoms with Gasteiger partial charge in [-0.1, -0.05) is 12.1 Å². The van der Waals surface area contributed by atoms with Gasteiger partial charge >= 0.3 is 0 Å². The number of hydrogen-bond acceptors (Lipinski definition) is 4. The summed E-state index contributed by atoms with van der Waals surface area (Å²) < 4.78 is 14.3. The number of aromatic nitrogens is 2. The number of para-hydroxylation sites is 2.